The Kier molecular flexibility index (Phi) is 3.90. The van der Waals surface area contributed by atoms with Crippen LogP contribution in [0.5, 0.6) is 0 Å². The van der Waals surface area contributed by atoms with Gasteiger partial charge in [-0.05, 0) is 18.2 Å². The number of nitrogens with zero attached hydrogens (tertiary/aromatic N) is 1. The van der Waals surface area contributed by atoms with Gasteiger partial charge in [0.05, 0.1) is 16.9 Å². The van der Waals surface area contributed by atoms with Gasteiger partial charge in [0, 0.05) is 5.69 Å². The maximum atomic E-state index is 11.9. The number of aromatic nitrogens is 2. The van der Waals surface area contributed by atoms with Crippen molar-refractivity contribution in [1.29, 1.82) is 0 Å². The van der Waals surface area contributed by atoms with Gasteiger partial charge in [-0.1, -0.05) is 11.6 Å². The lowest BCUT2D eigenvalue weighted by Crippen LogP contribution is -2.16. The summed E-state index contributed by atoms with van der Waals surface area (Å²) in [6.07, 6.45) is 1.07. The van der Waals surface area contributed by atoms with Crippen LogP contribution in [0.15, 0.2) is 24.5 Å². The number of carbonyl (C=O) groups excluding carboxylic acids is 1. The number of halogens is 1. The number of aromatic carboxylic acids is 2. The fraction of sp³-hybridized carbons (Fsp3) is 0. The van der Waals surface area contributed by atoms with Gasteiger partial charge in [0.1, 0.15) is 0 Å². The van der Waals surface area contributed by atoms with Crippen LogP contribution in [-0.4, -0.2) is 38.0 Å². The number of aromatic amines is 1. The number of carbonyl (C=O) groups is 3. The second-order valence-electron chi connectivity index (χ2n) is 3.89. The Hall–Kier alpha value is -2.87. The molecule has 1 amide bonds. The summed E-state index contributed by atoms with van der Waals surface area (Å²) in [6.45, 7) is 0. The van der Waals surface area contributed by atoms with Crippen molar-refractivity contribution in [3.8, 4) is 0 Å². The molecule has 108 valence electrons. The highest BCUT2D eigenvalue weighted by molar-refractivity contribution is 6.33. The molecule has 0 atom stereocenters. The van der Waals surface area contributed by atoms with Gasteiger partial charge in [0.15, 0.2) is 11.4 Å². The molecule has 0 saturated heterocycles. The zero-order chi connectivity index (χ0) is 15.6. The van der Waals surface area contributed by atoms with Crippen molar-refractivity contribution in [3.63, 3.8) is 0 Å². The van der Waals surface area contributed by atoms with Crippen LogP contribution in [0.3, 0.4) is 0 Å². The van der Waals surface area contributed by atoms with Gasteiger partial charge in [-0.3, -0.25) is 4.79 Å². The number of hydrogen-bond acceptors (Lipinski definition) is 4. The van der Waals surface area contributed by atoms with Crippen LogP contribution in [0, 0.1) is 0 Å². The Morgan fingerprint density at radius 2 is 1.90 bits per heavy atom. The third kappa shape index (κ3) is 3.00. The number of benzene rings is 1. The van der Waals surface area contributed by atoms with Crippen molar-refractivity contribution >= 4 is 35.1 Å². The maximum Gasteiger partial charge on any atom is 0.354 e. The number of carboxylic acid groups (broad SMARTS) is 2. The van der Waals surface area contributed by atoms with Crippen molar-refractivity contribution in [2.75, 3.05) is 5.32 Å². The molecule has 0 aliphatic rings. The van der Waals surface area contributed by atoms with Crippen LogP contribution in [0.4, 0.5) is 5.69 Å². The Labute approximate surface area is 122 Å². The maximum absolute atomic E-state index is 11.9. The molecule has 2 rings (SSSR count). The van der Waals surface area contributed by atoms with Crippen molar-refractivity contribution in [3.05, 3.63) is 46.5 Å². The summed E-state index contributed by atoms with van der Waals surface area (Å²) in [5.41, 5.74) is -0.703. The molecule has 21 heavy (non-hydrogen) atoms. The number of amides is 1. The highest BCUT2D eigenvalue weighted by Crippen LogP contribution is 2.21. The van der Waals surface area contributed by atoms with Gasteiger partial charge in [-0.25, -0.2) is 14.6 Å². The molecular formula is C12H8ClN3O5. The predicted molar refractivity (Wildman–Crippen MR) is 71.9 cm³/mol. The lowest BCUT2D eigenvalue weighted by atomic mass is 10.2. The van der Waals surface area contributed by atoms with Crippen molar-refractivity contribution in [2.45, 2.75) is 0 Å². The van der Waals surface area contributed by atoms with E-state index in [1.54, 1.807) is 0 Å². The number of imidazole rings is 1. The standard InChI is InChI=1S/C12H8ClN3O5/c13-7-2-1-5(3-6(7)11(18)19)16-10(17)8-9(12(20)21)15-4-14-8/h1-4H,(H,14,15)(H,16,17)(H,18,19)(H,20,21). The number of H-pyrrole nitrogens is 1. The summed E-state index contributed by atoms with van der Waals surface area (Å²) in [6, 6.07) is 3.86. The predicted octanol–water partition coefficient (Wildman–Crippen LogP) is 1.71. The van der Waals surface area contributed by atoms with Gasteiger partial charge < -0.3 is 20.5 Å². The fourth-order valence-corrected chi connectivity index (χ4v) is 1.79. The Morgan fingerprint density at radius 1 is 1.19 bits per heavy atom. The molecule has 0 spiro atoms. The fourth-order valence-electron chi connectivity index (χ4n) is 1.59. The zero-order valence-electron chi connectivity index (χ0n) is 10.3. The smallest absolute Gasteiger partial charge is 0.354 e. The summed E-state index contributed by atoms with van der Waals surface area (Å²) in [5.74, 6) is -3.37. The lowest BCUT2D eigenvalue weighted by molar-refractivity contribution is 0.0681. The molecule has 1 heterocycles. The Morgan fingerprint density at radius 3 is 2.52 bits per heavy atom. The first-order valence-corrected chi connectivity index (χ1v) is 5.89. The molecule has 9 heteroatoms. The number of anilines is 1. The molecular weight excluding hydrogens is 302 g/mol. The van der Waals surface area contributed by atoms with Crippen LogP contribution in [0.2, 0.25) is 5.02 Å². The molecule has 1 aromatic heterocycles. The minimum atomic E-state index is -1.33. The lowest BCUT2D eigenvalue weighted by Gasteiger charge is -2.06. The number of hydrogen-bond donors (Lipinski definition) is 4. The van der Waals surface area contributed by atoms with Crippen LogP contribution < -0.4 is 5.32 Å². The number of carboxylic acids is 2. The second-order valence-corrected chi connectivity index (χ2v) is 4.29. The van der Waals surface area contributed by atoms with Crippen molar-refractivity contribution in [1.82, 2.24) is 9.97 Å². The van der Waals surface area contributed by atoms with E-state index in [1.807, 2.05) is 0 Å². The molecule has 2 aromatic rings. The summed E-state index contributed by atoms with van der Waals surface area (Å²) in [7, 11) is 0. The molecule has 4 N–H and O–H groups in total. The van der Waals surface area contributed by atoms with E-state index < -0.39 is 17.8 Å². The topological polar surface area (TPSA) is 132 Å². The largest absolute Gasteiger partial charge is 0.478 e. The quantitative estimate of drug-likeness (QED) is 0.679. The van der Waals surface area contributed by atoms with Gasteiger partial charge in [0.2, 0.25) is 0 Å². The summed E-state index contributed by atoms with van der Waals surface area (Å²) < 4.78 is 0. The molecule has 0 radical (unpaired) electrons. The molecule has 0 fully saturated rings. The molecule has 0 aliphatic heterocycles. The molecule has 1 aromatic carbocycles. The van der Waals surface area contributed by atoms with E-state index in [0.29, 0.717) is 0 Å². The summed E-state index contributed by atoms with van der Waals surface area (Å²) in [5, 5.41) is 20.2. The molecule has 0 saturated carbocycles. The van der Waals surface area contributed by atoms with E-state index in [1.165, 1.54) is 12.1 Å². The SMILES string of the molecule is O=C(O)c1cc(NC(=O)c2nc[nH]c2C(=O)O)ccc1Cl. The summed E-state index contributed by atoms with van der Waals surface area (Å²) >= 11 is 5.71. The normalized spacial score (nSPS) is 10.1. The second kappa shape index (κ2) is 5.63. The van der Waals surface area contributed by atoms with Crippen LogP contribution in [-0.2, 0) is 0 Å². The summed E-state index contributed by atoms with van der Waals surface area (Å²) in [4.78, 5) is 39.7. The van der Waals surface area contributed by atoms with E-state index in [-0.39, 0.29) is 27.7 Å². The Balaban J connectivity index is 2.28. The molecule has 0 aliphatic carbocycles. The molecule has 0 unspecified atom stereocenters. The minimum Gasteiger partial charge on any atom is -0.478 e. The molecule has 0 bridgehead atoms. The van der Waals surface area contributed by atoms with Gasteiger partial charge in [-0.2, -0.15) is 0 Å². The van der Waals surface area contributed by atoms with E-state index in [9.17, 15) is 14.4 Å². The Bertz CT molecular complexity index is 740. The first kappa shape index (κ1) is 14.5. The van der Waals surface area contributed by atoms with Crippen LogP contribution in [0.1, 0.15) is 31.3 Å². The third-order valence-corrected chi connectivity index (χ3v) is 2.85. The first-order chi connectivity index (χ1) is 9.90. The van der Waals surface area contributed by atoms with Crippen LogP contribution in [0.25, 0.3) is 0 Å². The average molecular weight is 310 g/mol. The van der Waals surface area contributed by atoms with Crippen LogP contribution >= 0.6 is 11.6 Å². The minimum absolute atomic E-state index is 0.0199. The average Bonchev–Trinajstić information content (AvgIpc) is 2.90. The number of rotatable bonds is 4. The van der Waals surface area contributed by atoms with E-state index in [0.717, 1.165) is 12.4 Å². The highest BCUT2D eigenvalue weighted by atomic mass is 35.5. The first-order valence-electron chi connectivity index (χ1n) is 5.51. The van der Waals surface area contributed by atoms with Gasteiger partial charge >= 0.3 is 11.9 Å². The number of nitrogens with one attached hydrogen (secondary N) is 2. The highest BCUT2D eigenvalue weighted by Gasteiger charge is 2.20. The van der Waals surface area contributed by atoms with Crippen molar-refractivity contribution in [2.24, 2.45) is 0 Å². The van der Waals surface area contributed by atoms with E-state index in [2.05, 4.69) is 15.3 Å². The zero-order valence-corrected chi connectivity index (χ0v) is 11.0. The van der Waals surface area contributed by atoms with Gasteiger partial charge in [0.25, 0.3) is 5.91 Å². The molecule has 8 nitrogen and oxygen atoms in total. The van der Waals surface area contributed by atoms with Gasteiger partial charge in [-0.15, -0.1) is 0 Å². The van der Waals surface area contributed by atoms with E-state index >= 15 is 0 Å². The van der Waals surface area contributed by atoms with E-state index in [4.69, 9.17) is 21.8 Å². The third-order valence-electron chi connectivity index (χ3n) is 2.52. The van der Waals surface area contributed by atoms with Crippen molar-refractivity contribution < 1.29 is 24.6 Å². The monoisotopic (exact) mass is 309 g/mol.